The smallest absolute Gasteiger partial charge is 0.410 e. The molecule has 7 nitrogen and oxygen atoms in total. The minimum absolute atomic E-state index is 0.319. The maximum absolute atomic E-state index is 12.2. The summed E-state index contributed by atoms with van der Waals surface area (Å²) in [5.74, 6) is 1.35. The molecule has 0 unspecified atom stereocenters. The van der Waals surface area contributed by atoms with Crippen molar-refractivity contribution in [2.24, 2.45) is 5.92 Å². The van der Waals surface area contributed by atoms with Crippen LogP contribution in [0.3, 0.4) is 0 Å². The maximum Gasteiger partial charge on any atom is 0.410 e. The van der Waals surface area contributed by atoms with E-state index in [4.69, 9.17) is 9.47 Å². The van der Waals surface area contributed by atoms with Crippen molar-refractivity contribution < 1.29 is 14.3 Å². The summed E-state index contributed by atoms with van der Waals surface area (Å²) in [4.78, 5) is 18.2. The van der Waals surface area contributed by atoms with Crippen LogP contribution in [0, 0.1) is 5.92 Å². The molecule has 0 radical (unpaired) electrons. The number of hydrogen-bond acceptors (Lipinski definition) is 5. The Morgan fingerprint density at radius 3 is 2.74 bits per heavy atom. The van der Waals surface area contributed by atoms with Gasteiger partial charge in [-0.1, -0.05) is 0 Å². The lowest BCUT2D eigenvalue weighted by molar-refractivity contribution is 0.0235. The highest BCUT2D eigenvalue weighted by Crippen LogP contribution is 2.18. The summed E-state index contributed by atoms with van der Waals surface area (Å²) in [6.45, 7) is 11.0. The lowest BCUT2D eigenvalue weighted by atomic mass is 10.0. The molecule has 0 N–H and O–H groups in total. The fourth-order valence-corrected chi connectivity index (χ4v) is 2.54. The second kappa shape index (κ2) is 7.77. The second-order valence-electron chi connectivity index (χ2n) is 6.91. The molecule has 0 saturated carbocycles. The zero-order valence-corrected chi connectivity index (χ0v) is 14.6. The molecule has 1 aromatic rings. The zero-order valence-electron chi connectivity index (χ0n) is 14.6. The van der Waals surface area contributed by atoms with Crippen LogP contribution in [0.4, 0.5) is 4.79 Å². The summed E-state index contributed by atoms with van der Waals surface area (Å²) in [7, 11) is 0. The van der Waals surface area contributed by atoms with Crippen LogP contribution in [0.25, 0.3) is 0 Å². The number of rotatable bonds is 5. The molecule has 1 amide bonds. The van der Waals surface area contributed by atoms with Gasteiger partial charge in [0.15, 0.2) is 0 Å². The Bertz CT molecular complexity index is 504. The van der Waals surface area contributed by atoms with Gasteiger partial charge in [-0.25, -0.2) is 14.5 Å². The van der Waals surface area contributed by atoms with Gasteiger partial charge in [0.05, 0.1) is 6.54 Å². The molecule has 2 heterocycles. The van der Waals surface area contributed by atoms with E-state index in [9.17, 15) is 4.79 Å². The average Bonchev–Trinajstić information content (AvgIpc) is 2.91. The Kier molecular flexibility index (Phi) is 5.98. The van der Waals surface area contributed by atoms with E-state index >= 15 is 0 Å². The van der Waals surface area contributed by atoms with Crippen molar-refractivity contribution in [2.45, 2.75) is 59.2 Å². The van der Waals surface area contributed by atoms with Crippen LogP contribution >= 0.6 is 0 Å². The molecule has 1 fully saturated rings. The van der Waals surface area contributed by atoms with Gasteiger partial charge in [-0.05, 0) is 46.5 Å². The van der Waals surface area contributed by atoms with Crippen LogP contribution in [0.15, 0.2) is 6.33 Å². The molecule has 0 aliphatic carbocycles. The van der Waals surface area contributed by atoms with E-state index in [-0.39, 0.29) is 6.09 Å². The van der Waals surface area contributed by atoms with Crippen molar-refractivity contribution in [2.75, 3.05) is 19.8 Å². The number of amides is 1. The minimum atomic E-state index is -0.500. The summed E-state index contributed by atoms with van der Waals surface area (Å²) >= 11 is 0. The van der Waals surface area contributed by atoms with E-state index in [2.05, 4.69) is 10.1 Å². The maximum atomic E-state index is 12.2. The van der Waals surface area contributed by atoms with Gasteiger partial charge in [0.25, 0.3) is 0 Å². The SMILES string of the molecule is CCN(Cc1ncnn1CC1CCOCC1)C(=O)OC(C)(C)C. The van der Waals surface area contributed by atoms with Crippen molar-refractivity contribution in [3.63, 3.8) is 0 Å². The summed E-state index contributed by atoms with van der Waals surface area (Å²) in [6.07, 6.45) is 3.32. The Morgan fingerprint density at radius 2 is 2.13 bits per heavy atom. The normalized spacial score (nSPS) is 16.3. The van der Waals surface area contributed by atoms with E-state index in [0.717, 1.165) is 38.4 Å². The van der Waals surface area contributed by atoms with Crippen molar-refractivity contribution >= 4 is 6.09 Å². The third-order valence-electron chi connectivity index (χ3n) is 3.83. The van der Waals surface area contributed by atoms with E-state index in [1.54, 1.807) is 11.2 Å². The van der Waals surface area contributed by atoms with E-state index < -0.39 is 5.60 Å². The Labute approximate surface area is 138 Å². The molecule has 7 heteroatoms. The van der Waals surface area contributed by atoms with Gasteiger partial charge in [-0.15, -0.1) is 0 Å². The Hall–Kier alpha value is -1.63. The van der Waals surface area contributed by atoms with E-state index in [1.807, 2.05) is 32.4 Å². The summed E-state index contributed by atoms with van der Waals surface area (Å²) in [5, 5.41) is 4.32. The fraction of sp³-hybridized carbons (Fsp3) is 0.812. The van der Waals surface area contributed by atoms with Crippen molar-refractivity contribution in [3.8, 4) is 0 Å². The first-order valence-electron chi connectivity index (χ1n) is 8.31. The van der Waals surface area contributed by atoms with Crippen molar-refractivity contribution in [1.29, 1.82) is 0 Å². The van der Waals surface area contributed by atoms with Gasteiger partial charge in [0.1, 0.15) is 17.8 Å². The lowest BCUT2D eigenvalue weighted by Gasteiger charge is -2.27. The van der Waals surface area contributed by atoms with Crippen molar-refractivity contribution in [1.82, 2.24) is 19.7 Å². The van der Waals surface area contributed by atoms with Crippen LogP contribution < -0.4 is 0 Å². The number of ether oxygens (including phenoxy) is 2. The molecule has 1 aromatic heterocycles. The van der Waals surface area contributed by atoms with Gasteiger partial charge in [0, 0.05) is 26.3 Å². The molecule has 2 rings (SSSR count). The highest BCUT2D eigenvalue weighted by atomic mass is 16.6. The number of carbonyl (C=O) groups is 1. The minimum Gasteiger partial charge on any atom is -0.444 e. The van der Waals surface area contributed by atoms with Crippen LogP contribution in [0.1, 0.15) is 46.4 Å². The van der Waals surface area contributed by atoms with E-state index in [0.29, 0.717) is 19.0 Å². The number of aromatic nitrogens is 3. The third kappa shape index (κ3) is 5.49. The monoisotopic (exact) mass is 324 g/mol. The molecule has 0 atom stereocenters. The Balaban J connectivity index is 1.98. The third-order valence-corrected chi connectivity index (χ3v) is 3.83. The summed E-state index contributed by atoms with van der Waals surface area (Å²) in [6, 6.07) is 0. The molecule has 130 valence electrons. The number of carbonyl (C=O) groups excluding carboxylic acids is 1. The summed E-state index contributed by atoms with van der Waals surface area (Å²) < 4.78 is 12.7. The Morgan fingerprint density at radius 1 is 1.43 bits per heavy atom. The van der Waals surface area contributed by atoms with Gasteiger partial charge in [0.2, 0.25) is 0 Å². The number of nitrogens with zero attached hydrogens (tertiary/aromatic N) is 4. The van der Waals surface area contributed by atoms with Gasteiger partial charge in [-0.2, -0.15) is 5.10 Å². The molecule has 0 spiro atoms. The van der Waals surface area contributed by atoms with Gasteiger partial charge >= 0.3 is 6.09 Å². The van der Waals surface area contributed by atoms with Crippen LogP contribution in [-0.4, -0.2) is 51.1 Å². The molecular formula is C16H28N4O3. The molecular weight excluding hydrogens is 296 g/mol. The second-order valence-corrected chi connectivity index (χ2v) is 6.91. The van der Waals surface area contributed by atoms with Gasteiger partial charge in [-0.3, -0.25) is 0 Å². The highest BCUT2D eigenvalue weighted by molar-refractivity contribution is 5.67. The average molecular weight is 324 g/mol. The summed E-state index contributed by atoms with van der Waals surface area (Å²) in [5.41, 5.74) is -0.500. The molecule has 0 aromatic carbocycles. The molecule has 1 saturated heterocycles. The molecule has 0 bridgehead atoms. The molecule has 1 aliphatic heterocycles. The predicted molar refractivity (Wildman–Crippen MR) is 85.9 cm³/mol. The first-order chi connectivity index (χ1) is 10.9. The van der Waals surface area contributed by atoms with Crippen LogP contribution in [0.2, 0.25) is 0 Å². The van der Waals surface area contributed by atoms with Crippen LogP contribution in [0.5, 0.6) is 0 Å². The van der Waals surface area contributed by atoms with Gasteiger partial charge < -0.3 is 14.4 Å². The van der Waals surface area contributed by atoms with E-state index in [1.165, 1.54) is 0 Å². The van der Waals surface area contributed by atoms with Crippen molar-refractivity contribution in [3.05, 3.63) is 12.2 Å². The predicted octanol–water partition coefficient (Wildman–Crippen LogP) is 2.46. The first kappa shape index (κ1) is 17.7. The largest absolute Gasteiger partial charge is 0.444 e. The number of hydrogen-bond donors (Lipinski definition) is 0. The molecule has 1 aliphatic rings. The topological polar surface area (TPSA) is 69.5 Å². The van der Waals surface area contributed by atoms with Crippen LogP contribution in [-0.2, 0) is 22.6 Å². The molecule has 23 heavy (non-hydrogen) atoms. The highest BCUT2D eigenvalue weighted by Gasteiger charge is 2.23. The zero-order chi connectivity index (χ0) is 16.9. The lowest BCUT2D eigenvalue weighted by Crippen LogP contribution is -2.37. The first-order valence-corrected chi connectivity index (χ1v) is 8.31. The fourth-order valence-electron chi connectivity index (χ4n) is 2.54. The quantitative estimate of drug-likeness (QED) is 0.832. The standard InChI is InChI=1S/C16H28N4O3/c1-5-19(15(21)23-16(2,3)4)11-14-17-12-18-20(14)10-13-6-8-22-9-7-13/h12-13H,5-11H2,1-4H3.